The van der Waals surface area contributed by atoms with Crippen LogP contribution < -0.4 is 0 Å². The van der Waals surface area contributed by atoms with Gasteiger partial charge in [0, 0.05) is 11.8 Å². The summed E-state index contributed by atoms with van der Waals surface area (Å²) in [6.45, 7) is 0. The van der Waals surface area contributed by atoms with Crippen molar-refractivity contribution >= 4 is 5.97 Å². The number of rotatable bonds is 3. The van der Waals surface area contributed by atoms with Crippen LogP contribution in [0, 0.1) is 0 Å². The minimum absolute atomic E-state index is 0.536. The predicted molar refractivity (Wildman–Crippen MR) is 49.0 cm³/mol. The monoisotopic (exact) mass is 192 g/mol. The van der Waals surface area contributed by atoms with E-state index in [9.17, 15) is 4.79 Å². The van der Waals surface area contributed by atoms with Crippen molar-refractivity contribution in [2.45, 2.75) is 37.1 Å². The average Bonchev–Trinajstić information content (AvgIpc) is 3.06. The second-order valence-corrected chi connectivity index (χ2v) is 4.33. The topological polar surface area (TPSA) is 55.1 Å². The lowest BCUT2D eigenvalue weighted by Gasteiger charge is -2.04. The third kappa shape index (κ3) is 0.997. The number of carbonyl (C=O) groups is 1. The van der Waals surface area contributed by atoms with E-state index in [0.29, 0.717) is 6.04 Å². The van der Waals surface area contributed by atoms with Crippen LogP contribution in [0.4, 0.5) is 0 Å². The lowest BCUT2D eigenvalue weighted by Crippen LogP contribution is -2.18. The molecule has 0 radical (unpaired) electrons. The van der Waals surface area contributed by atoms with E-state index in [1.54, 1.807) is 6.20 Å². The fraction of sp³-hybridized carbons (Fsp3) is 0.600. The van der Waals surface area contributed by atoms with Gasteiger partial charge in [0.05, 0.1) is 17.7 Å². The van der Waals surface area contributed by atoms with Crippen molar-refractivity contribution in [2.75, 3.05) is 0 Å². The molecule has 0 saturated heterocycles. The zero-order valence-electron chi connectivity index (χ0n) is 7.81. The van der Waals surface area contributed by atoms with Crippen LogP contribution in [0.1, 0.15) is 37.3 Å². The van der Waals surface area contributed by atoms with Crippen LogP contribution in [0.25, 0.3) is 0 Å². The highest BCUT2D eigenvalue weighted by Crippen LogP contribution is 2.48. The summed E-state index contributed by atoms with van der Waals surface area (Å²) in [6, 6.07) is 0.536. The van der Waals surface area contributed by atoms with Crippen molar-refractivity contribution in [1.29, 1.82) is 0 Å². The van der Waals surface area contributed by atoms with Gasteiger partial charge in [-0.15, -0.1) is 0 Å². The Morgan fingerprint density at radius 3 is 2.79 bits per heavy atom. The summed E-state index contributed by atoms with van der Waals surface area (Å²) in [5, 5.41) is 13.3. The van der Waals surface area contributed by atoms with Crippen LogP contribution in [-0.4, -0.2) is 20.9 Å². The molecule has 2 saturated carbocycles. The third-order valence-corrected chi connectivity index (χ3v) is 3.23. The van der Waals surface area contributed by atoms with Gasteiger partial charge in [-0.3, -0.25) is 9.48 Å². The molecule has 3 rings (SSSR count). The summed E-state index contributed by atoms with van der Waals surface area (Å²) >= 11 is 0. The molecular formula is C10H12N2O2. The average molecular weight is 192 g/mol. The summed E-state index contributed by atoms with van der Waals surface area (Å²) in [7, 11) is 0. The number of carboxylic acids is 1. The van der Waals surface area contributed by atoms with Gasteiger partial charge >= 0.3 is 5.97 Å². The zero-order chi connectivity index (χ0) is 9.76. The molecular weight excluding hydrogens is 180 g/mol. The molecule has 2 aliphatic rings. The second-order valence-electron chi connectivity index (χ2n) is 4.33. The molecule has 1 N–H and O–H groups in total. The van der Waals surface area contributed by atoms with E-state index in [0.717, 1.165) is 18.4 Å². The molecule has 2 fully saturated rings. The minimum atomic E-state index is -0.701. The van der Waals surface area contributed by atoms with E-state index < -0.39 is 11.4 Å². The van der Waals surface area contributed by atoms with Crippen molar-refractivity contribution in [3.05, 3.63) is 18.0 Å². The maximum Gasteiger partial charge on any atom is 0.314 e. The largest absolute Gasteiger partial charge is 0.481 e. The van der Waals surface area contributed by atoms with Gasteiger partial charge in [0.2, 0.25) is 0 Å². The van der Waals surface area contributed by atoms with Crippen molar-refractivity contribution in [2.24, 2.45) is 0 Å². The molecule has 0 bridgehead atoms. The van der Waals surface area contributed by atoms with Crippen molar-refractivity contribution < 1.29 is 9.90 Å². The molecule has 0 spiro atoms. The van der Waals surface area contributed by atoms with Crippen molar-refractivity contribution in [3.63, 3.8) is 0 Å². The number of carboxylic acid groups (broad SMARTS) is 1. The van der Waals surface area contributed by atoms with Gasteiger partial charge in [-0.05, 0) is 25.7 Å². The number of nitrogens with zero attached hydrogens (tertiary/aromatic N) is 2. The third-order valence-electron chi connectivity index (χ3n) is 3.23. The fourth-order valence-corrected chi connectivity index (χ4v) is 1.87. The molecule has 0 aromatic carbocycles. The molecule has 0 aliphatic heterocycles. The summed E-state index contributed by atoms with van der Waals surface area (Å²) in [5.41, 5.74) is 0.296. The number of aliphatic carboxylic acids is 1. The van der Waals surface area contributed by atoms with Crippen molar-refractivity contribution in [3.8, 4) is 0 Å². The van der Waals surface area contributed by atoms with Gasteiger partial charge in [0.25, 0.3) is 0 Å². The van der Waals surface area contributed by atoms with Crippen LogP contribution >= 0.6 is 0 Å². The van der Waals surface area contributed by atoms with Crippen LogP contribution in [0.3, 0.4) is 0 Å². The minimum Gasteiger partial charge on any atom is -0.481 e. The summed E-state index contributed by atoms with van der Waals surface area (Å²) in [6.07, 6.45) is 7.53. The summed E-state index contributed by atoms with van der Waals surface area (Å²) in [4.78, 5) is 11.0. The Balaban J connectivity index is 1.92. The van der Waals surface area contributed by atoms with Crippen LogP contribution in [0.15, 0.2) is 12.4 Å². The molecule has 0 amide bonds. The first-order valence-corrected chi connectivity index (χ1v) is 5.00. The van der Waals surface area contributed by atoms with E-state index in [-0.39, 0.29) is 0 Å². The molecule has 0 unspecified atom stereocenters. The van der Waals surface area contributed by atoms with Gasteiger partial charge in [0.1, 0.15) is 0 Å². The van der Waals surface area contributed by atoms with E-state index in [1.807, 2.05) is 10.9 Å². The molecule has 74 valence electrons. The van der Waals surface area contributed by atoms with E-state index in [2.05, 4.69) is 5.10 Å². The molecule has 4 heteroatoms. The fourth-order valence-electron chi connectivity index (χ4n) is 1.87. The Morgan fingerprint density at radius 1 is 1.57 bits per heavy atom. The standard InChI is InChI=1S/C10H12N2O2/c13-9(14)10(3-4-10)7-5-11-12(6-7)8-1-2-8/h5-6,8H,1-4H2,(H,13,14). The summed E-state index contributed by atoms with van der Waals surface area (Å²) in [5.74, 6) is -0.701. The van der Waals surface area contributed by atoms with Crippen LogP contribution in [-0.2, 0) is 10.2 Å². The maximum absolute atomic E-state index is 11.0. The van der Waals surface area contributed by atoms with Gasteiger partial charge in [-0.2, -0.15) is 5.10 Å². The van der Waals surface area contributed by atoms with Gasteiger partial charge < -0.3 is 5.11 Å². The number of aromatic nitrogens is 2. The number of hydrogen-bond acceptors (Lipinski definition) is 2. The quantitative estimate of drug-likeness (QED) is 0.786. The molecule has 2 aliphatic carbocycles. The first-order chi connectivity index (χ1) is 6.72. The SMILES string of the molecule is O=C(O)C1(c2cnn(C3CC3)c2)CC1. The molecule has 1 heterocycles. The lowest BCUT2D eigenvalue weighted by atomic mass is 10.0. The van der Waals surface area contributed by atoms with E-state index >= 15 is 0 Å². The molecule has 1 aromatic rings. The van der Waals surface area contributed by atoms with Crippen LogP contribution in [0.2, 0.25) is 0 Å². The molecule has 14 heavy (non-hydrogen) atoms. The Labute approximate surface area is 81.5 Å². The van der Waals surface area contributed by atoms with E-state index in [4.69, 9.17) is 5.11 Å². The van der Waals surface area contributed by atoms with E-state index in [1.165, 1.54) is 12.8 Å². The first kappa shape index (κ1) is 8.03. The highest BCUT2D eigenvalue weighted by molar-refractivity contribution is 5.84. The highest BCUT2D eigenvalue weighted by atomic mass is 16.4. The van der Waals surface area contributed by atoms with Gasteiger partial charge in [-0.1, -0.05) is 0 Å². The Hall–Kier alpha value is -1.32. The zero-order valence-corrected chi connectivity index (χ0v) is 7.81. The molecule has 1 aromatic heterocycles. The van der Waals surface area contributed by atoms with Gasteiger partial charge in [0.15, 0.2) is 0 Å². The maximum atomic E-state index is 11.0. The van der Waals surface area contributed by atoms with Crippen LogP contribution in [0.5, 0.6) is 0 Å². The molecule has 0 atom stereocenters. The Kier molecular flexibility index (Phi) is 1.36. The summed E-state index contributed by atoms with van der Waals surface area (Å²) < 4.78 is 1.92. The lowest BCUT2D eigenvalue weighted by molar-refractivity contribution is -0.140. The highest BCUT2D eigenvalue weighted by Gasteiger charge is 2.52. The normalized spacial score (nSPS) is 23.4. The van der Waals surface area contributed by atoms with Gasteiger partial charge in [-0.25, -0.2) is 0 Å². The second kappa shape index (κ2) is 2.38. The smallest absolute Gasteiger partial charge is 0.314 e. The molecule has 4 nitrogen and oxygen atoms in total. The first-order valence-electron chi connectivity index (χ1n) is 5.00. The number of hydrogen-bond donors (Lipinski definition) is 1. The Bertz CT molecular complexity index is 389. The Morgan fingerprint density at radius 2 is 2.29 bits per heavy atom. The van der Waals surface area contributed by atoms with Crippen molar-refractivity contribution in [1.82, 2.24) is 9.78 Å². The predicted octanol–water partition coefficient (Wildman–Crippen LogP) is 1.33.